The predicted molar refractivity (Wildman–Crippen MR) is 76.3 cm³/mol. The zero-order chi connectivity index (χ0) is 13.4. The summed E-state index contributed by atoms with van der Waals surface area (Å²) in [4.78, 5) is 12.3. The summed E-state index contributed by atoms with van der Waals surface area (Å²) >= 11 is 0. The van der Waals surface area contributed by atoms with Gasteiger partial charge in [0.2, 0.25) is 5.91 Å². The molecule has 0 spiro atoms. The first kappa shape index (κ1) is 15.5. The smallest absolute Gasteiger partial charge is 0.223 e. The molecule has 3 heteroatoms. The van der Waals surface area contributed by atoms with Crippen LogP contribution in [-0.2, 0) is 4.79 Å². The average molecular weight is 254 g/mol. The van der Waals surface area contributed by atoms with E-state index in [4.69, 9.17) is 5.73 Å². The molecule has 2 atom stereocenters. The summed E-state index contributed by atoms with van der Waals surface area (Å²) in [5.74, 6) is 0.427. The number of amides is 1. The van der Waals surface area contributed by atoms with Crippen molar-refractivity contribution in [1.29, 1.82) is 0 Å². The summed E-state index contributed by atoms with van der Waals surface area (Å²) in [6.45, 7) is 4.29. The highest BCUT2D eigenvalue weighted by Crippen LogP contribution is 2.19. The van der Waals surface area contributed by atoms with Crippen molar-refractivity contribution in [1.82, 2.24) is 5.32 Å². The number of hydrogen-bond donors (Lipinski definition) is 2. The molecule has 1 aliphatic rings. The number of carbonyl (C=O) groups excluding carboxylic acids is 1. The van der Waals surface area contributed by atoms with E-state index in [9.17, 15) is 4.79 Å². The summed E-state index contributed by atoms with van der Waals surface area (Å²) in [6, 6.07) is 0.358. The summed E-state index contributed by atoms with van der Waals surface area (Å²) < 4.78 is 0. The van der Waals surface area contributed by atoms with Crippen LogP contribution >= 0.6 is 0 Å². The number of carbonyl (C=O) groups is 1. The third-order valence-electron chi connectivity index (χ3n) is 4.04. The Hall–Kier alpha value is -0.570. The van der Waals surface area contributed by atoms with Crippen molar-refractivity contribution in [3.63, 3.8) is 0 Å². The van der Waals surface area contributed by atoms with Gasteiger partial charge in [0, 0.05) is 18.0 Å². The van der Waals surface area contributed by atoms with Crippen LogP contribution in [0.3, 0.4) is 0 Å². The van der Waals surface area contributed by atoms with Gasteiger partial charge < -0.3 is 11.1 Å². The second kappa shape index (κ2) is 8.52. The molecule has 18 heavy (non-hydrogen) atoms. The molecule has 1 aliphatic carbocycles. The molecular formula is C15H30N2O. The SMILES string of the molecule is CCCC(CCC)C(=O)NC1CCCCCC1N. The third kappa shape index (κ3) is 4.97. The molecule has 0 saturated heterocycles. The lowest BCUT2D eigenvalue weighted by molar-refractivity contribution is -0.126. The lowest BCUT2D eigenvalue weighted by Crippen LogP contribution is -2.48. The number of nitrogens with one attached hydrogen (secondary N) is 1. The Labute approximate surface area is 112 Å². The number of rotatable bonds is 6. The molecule has 0 aromatic heterocycles. The Morgan fingerprint density at radius 2 is 1.78 bits per heavy atom. The van der Waals surface area contributed by atoms with E-state index in [1.165, 1.54) is 19.3 Å². The van der Waals surface area contributed by atoms with Crippen molar-refractivity contribution in [3.8, 4) is 0 Å². The monoisotopic (exact) mass is 254 g/mol. The average Bonchev–Trinajstić information content (AvgIpc) is 2.55. The maximum absolute atomic E-state index is 12.3. The molecule has 1 fully saturated rings. The van der Waals surface area contributed by atoms with E-state index in [1.54, 1.807) is 0 Å². The summed E-state index contributed by atoms with van der Waals surface area (Å²) in [7, 11) is 0. The number of hydrogen-bond acceptors (Lipinski definition) is 2. The summed E-state index contributed by atoms with van der Waals surface area (Å²) in [5.41, 5.74) is 6.16. The van der Waals surface area contributed by atoms with E-state index in [-0.39, 0.29) is 23.9 Å². The topological polar surface area (TPSA) is 55.1 Å². The zero-order valence-corrected chi connectivity index (χ0v) is 12.1. The molecule has 0 aromatic carbocycles. The normalized spacial score (nSPS) is 24.9. The molecule has 106 valence electrons. The molecule has 3 N–H and O–H groups in total. The standard InChI is InChI=1S/C15H30N2O/c1-3-8-12(9-4-2)15(18)17-14-11-7-5-6-10-13(14)16/h12-14H,3-11,16H2,1-2H3,(H,17,18). The van der Waals surface area contributed by atoms with Gasteiger partial charge in [-0.2, -0.15) is 0 Å². The highest BCUT2D eigenvalue weighted by Gasteiger charge is 2.25. The molecule has 1 saturated carbocycles. The Bertz CT molecular complexity index is 237. The fraction of sp³-hybridized carbons (Fsp3) is 0.933. The lowest BCUT2D eigenvalue weighted by atomic mass is 9.95. The molecule has 1 amide bonds. The third-order valence-corrected chi connectivity index (χ3v) is 4.04. The molecule has 0 aromatic rings. The second-order valence-electron chi connectivity index (χ2n) is 5.69. The van der Waals surface area contributed by atoms with Crippen molar-refractivity contribution in [2.75, 3.05) is 0 Å². The first-order valence-corrected chi connectivity index (χ1v) is 7.75. The van der Waals surface area contributed by atoms with Crippen LogP contribution in [0.4, 0.5) is 0 Å². The Kier molecular flexibility index (Phi) is 7.33. The molecule has 2 unspecified atom stereocenters. The van der Waals surface area contributed by atoms with Gasteiger partial charge in [-0.3, -0.25) is 4.79 Å². The maximum atomic E-state index is 12.3. The molecular weight excluding hydrogens is 224 g/mol. The highest BCUT2D eigenvalue weighted by atomic mass is 16.1. The van der Waals surface area contributed by atoms with Gasteiger partial charge in [0.15, 0.2) is 0 Å². The van der Waals surface area contributed by atoms with E-state index in [2.05, 4.69) is 19.2 Å². The van der Waals surface area contributed by atoms with Gasteiger partial charge in [0.05, 0.1) is 0 Å². The highest BCUT2D eigenvalue weighted by molar-refractivity contribution is 5.79. The fourth-order valence-electron chi connectivity index (χ4n) is 2.92. The van der Waals surface area contributed by atoms with Gasteiger partial charge in [-0.15, -0.1) is 0 Å². The Morgan fingerprint density at radius 3 is 2.39 bits per heavy atom. The van der Waals surface area contributed by atoms with E-state index in [0.717, 1.165) is 38.5 Å². The summed E-state index contributed by atoms with van der Waals surface area (Å²) in [5, 5.41) is 3.21. The van der Waals surface area contributed by atoms with Crippen molar-refractivity contribution in [3.05, 3.63) is 0 Å². The molecule has 0 radical (unpaired) electrons. The Morgan fingerprint density at radius 1 is 1.17 bits per heavy atom. The minimum absolute atomic E-state index is 0.153. The van der Waals surface area contributed by atoms with E-state index >= 15 is 0 Å². The quantitative estimate of drug-likeness (QED) is 0.716. The van der Waals surface area contributed by atoms with Gasteiger partial charge >= 0.3 is 0 Å². The predicted octanol–water partition coefficient (Wildman–Crippen LogP) is 2.98. The van der Waals surface area contributed by atoms with Gasteiger partial charge in [-0.1, -0.05) is 46.0 Å². The Balaban J connectivity index is 2.49. The van der Waals surface area contributed by atoms with E-state index in [1.807, 2.05) is 0 Å². The minimum atomic E-state index is 0.153. The largest absolute Gasteiger partial charge is 0.352 e. The van der Waals surface area contributed by atoms with Crippen LogP contribution in [0, 0.1) is 5.92 Å². The lowest BCUT2D eigenvalue weighted by Gasteiger charge is -2.25. The van der Waals surface area contributed by atoms with Gasteiger partial charge in [-0.25, -0.2) is 0 Å². The van der Waals surface area contributed by atoms with Gasteiger partial charge in [0.1, 0.15) is 0 Å². The second-order valence-corrected chi connectivity index (χ2v) is 5.69. The van der Waals surface area contributed by atoms with Crippen LogP contribution < -0.4 is 11.1 Å². The molecule has 0 heterocycles. The molecule has 1 rings (SSSR count). The van der Waals surface area contributed by atoms with Crippen LogP contribution in [0.5, 0.6) is 0 Å². The number of nitrogens with two attached hydrogens (primary N) is 1. The van der Waals surface area contributed by atoms with Crippen molar-refractivity contribution in [2.24, 2.45) is 11.7 Å². The van der Waals surface area contributed by atoms with Gasteiger partial charge in [0.25, 0.3) is 0 Å². The first-order chi connectivity index (χ1) is 8.69. The first-order valence-electron chi connectivity index (χ1n) is 7.75. The fourth-order valence-corrected chi connectivity index (χ4v) is 2.92. The van der Waals surface area contributed by atoms with Crippen molar-refractivity contribution < 1.29 is 4.79 Å². The van der Waals surface area contributed by atoms with E-state index in [0.29, 0.717) is 0 Å². The zero-order valence-electron chi connectivity index (χ0n) is 12.1. The van der Waals surface area contributed by atoms with Crippen LogP contribution in [0.1, 0.15) is 71.6 Å². The van der Waals surface area contributed by atoms with E-state index < -0.39 is 0 Å². The maximum Gasteiger partial charge on any atom is 0.223 e. The van der Waals surface area contributed by atoms with Crippen molar-refractivity contribution in [2.45, 2.75) is 83.7 Å². The molecule has 0 aliphatic heterocycles. The molecule has 3 nitrogen and oxygen atoms in total. The minimum Gasteiger partial charge on any atom is -0.352 e. The van der Waals surface area contributed by atoms with Crippen LogP contribution in [0.2, 0.25) is 0 Å². The van der Waals surface area contributed by atoms with Crippen LogP contribution in [-0.4, -0.2) is 18.0 Å². The molecule has 0 bridgehead atoms. The van der Waals surface area contributed by atoms with Crippen molar-refractivity contribution >= 4 is 5.91 Å². The van der Waals surface area contributed by atoms with Gasteiger partial charge in [-0.05, 0) is 25.7 Å². The van der Waals surface area contributed by atoms with Crippen LogP contribution in [0.15, 0.2) is 0 Å². The van der Waals surface area contributed by atoms with Crippen LogP contribution in [0.25, 0.3) is 0 Å². The summed E-state index contributed by atoms with van der Waals surface area (Å²) in [6.07, 6.45) is 9.93.